The van der Waals surface area contributed by atoms with Gasteiger partial charge in [-0.25, -0.2) is 4.79 Å². The van der Waals surface area contributed by atoms with E-state index in [0.717, 1.165) is 5.56 Å². The summed E-state index contributed by atoms with van der Waals surface area (Å²) in [6, 6.07) is 8.23. The molecule has 124 valence electrons. The molecule has 1 aromatic carbocycles. The second kappa shape index (κ2) is 6.71. The standard InChI is InChI=1S/C17H14Cl2N2O3/c1-2-7-21-16(22)14(20-17(21)23)9-11-4-6-15(24-11)10-3-5-12(18)13(19)8-10/h3-6,8-9H,2,7H2,1H3,(H,20,23)/b14-9-. The van der Waals surface area contributed by atoms with Crippen molar-refractivity contribution >= 4 is 41.2 Å². The van der Waals surface area contributed by atoms with Crippen molar-refractivity contribution in [2.24, 2.45) is 0 Å². The minimum Gasteiger partial charge on any atom is -0.457 e. The van der Waals surface area contributed by atoms with Gasteiger partial charge in [-0.2, -0.15) is 0 Å². The molecule has 0 spiro atoms. The fourth-order valence-electron chi connectivity index (χ4n) is 2.38. The summed E-state index contributed by atoms with van der Waals surface area (Å²) >= 11 is 11.9. The number of imide groups is 1. The van der Waals surface area contributed by atoms with Crippen molar-refractivity contribution in [2.75, 3.05) is 6.54 Å². The number of nitrogens with zero attached hydrogens (tertiary/aromatic N) is 1. The van der Waals surface area contributed by atoms with E-state index in [1.807, 2.05) is 6.92 Å². The summed E-state index contributed by atoms with van der Waals surface area (Å²) in [5, 5.41) is 3.44. The van der Waals surface area contributed by atoms with Gasteiger partial charge in [0, 0.05) is 18.2 Å². The summed E-state index contributed by atoms with van der Waals surface area (Å²) in [4.78, 5) is 25.1. The molecule has 0 unspecified atom stereocenters. The van der Waals surface area contributed by atoms with Crippen molar-refractivity contribution in [1.29, 1.82) is 0 Å². The molecular formula is C17H14Cl2N2O3. The van der Waals surface area contributed by atoms with Gasteiger partial charge in [-0.1, -0.05) is 30.1 Å². The van der Waals surface area contributed by atoms with Crippen LogP contribution in [0.5, 0.6) is 0 Å². The summed E-state index contributed by atoms with van der Waals surface area (Å²) in [6.45, 7) is 2.28. The van der Waals surface area contributed by atoms with E-state index < -0.39 is 6.03 Å². The largest absolute Gasteiger partial charge is 0.457 e. The van der Waals surface area contributed by atoms with Crippen molar-refractivity contribution in [3.63, 3.8) is 0 Å². The number of hydrogen-bond donors (Lipinski definition) is 1. The van der Waals surface area contributed by atoms with Crippen LogP contribution < -0.4 is 5.32 Å². The lowest BCUT2D eigenvalue weighted by Crippen LogP contribution is -2.31. The fourth-order valence-corrected chi connectivity index (χ4v) is 2.67. The van der Waals surface area contributed by atoms with Gasteiger partial charge in [0.1, 0.15) is 17.2 Å². The first kappa shape index (κ1) is 16.6. The summed E-state index contributed by atoms with van der Waals surface area (Å²) < 4.78 is 5.71. The van der Waals surface area contributed by atoms with Gasteiger partial charge in [-0.15, -0.1) is 0 Å². The number of benzene rings is 1. The zero-order chi connectivity index (χ0) is 17.3. The predicted octanol–water partition coefficient (Wildman–Crippen LogP) is 4.56. The zero-order valence-electron chi connectivity index (χ0n) is 12.8. The molecule has 0 aliphatic carbocycles. The Labute approximate surface area is 148 Å². The number of nitrogens with one attached hydrogen (secondary N) is 1. The smallest absolute Gasteiger partial charge is 0.329 e. The Balaban J connectivity index is 1.85. The van der Waals surface area contributed by atoms with Gasteiger partial charge in [0.05, 0.1) is 10.0 Å². The maximum Gasteiger partial charge on any atom is 0.329 e. The molecule has 1 N–H and O–H groups in total. The van der Waals surface area contributed by atoms with Crippen LogP contribution in [-0.2, 0) is 4.79 Å². The highest BCUT2D eigenvalue weighted by molar-refractivity contribution is 6.42. The van der Waals surface area contributed by atoms with Crippen LogP contribution in [0.15, 0.2) is 40.4 Å². The summed E-state index contributed by atoms with van der Waals surface area (Å²) in [6.07, 6.45) is 2.21. The van der Waals surface area contributed by atoms with Crippen molar-refractivity contribution in [1.82, 2.24) is 10.2 Å². The normalized spacial score (nSPS) is 16.1. The lowest BCUT2D eigenvalue weighted by Gasteiger charge is -2.08. The van der Waals surface area contributed by atoms with Gasteiger partial charge >= 0.3 is 6.03 Å². The van der Waals surface area contributed by atoms with Gasteiger partial charge in [-0.05, 0) is 36.8 Å². The number of hydrogen-bond acceptors (Lipinski definition) is 3. The Hall–Kier alpha value is -2.24. The van der Waals surface area contributed by atoms with Gasteiger partial charge in [0.25, 0.3) is 5.91 Å². The van der Waals surface area contributed by atoms with Gasteiger partial charge in [-0.3, -0.25) is 9.69 Å². The van der Waals surface area contributed by atoms with Crippen LogP contribution in [-0.4, -0.2) is 23.4 Å². The Morgan fingerprint density at radius 3 is 2.67 bits per heavy atom. The quantitative estimate of drug-likeness (QED) is 0.638. The fraction of sp³-hybridized carbons (Fsp3) is 0.176. The SMILES string of the molecule is CCCN1C(=O)N/C(=C\c2ccc(-c3ccc(Cl)c(Cl)c3)o2)C1=O. The van der Waals surface area contributed by atoms with E-state index in [1.165, 1.54) is 11.0 Å². The van der Waals surface area contributed by atoms with Crippen LogP contribution in [0.2, 0.25) is 10.0 Å². The number of urea groups is 1. The summed E-state index contributed by atoms with van der Waals surface area (Å²) in [5.74, 6) is 0.690. The monoisotopic (exact) mass is 364 g/mol. The Kier molecular flexibility index (Phi) is 4.64. The predicted molar refractivity (Wildman–Crippen MR) is 92.7 cm³/mol. The molecule has 0 atom stereocenters. The zero-order valence-corrected chi connectivity index (χ0v) is 14.3. The van der Waals surface area contributed by atoms with Crippen LogP contribution in [0.3, 0.4) is 0 Å². The molecule has 0 bridgehead atoms. The van der Waals surface area contributed by atoms with Crippen molar-refractivity contribution in [3.05, 3.63) is 51.8 Å². The Morgan fingerprint density at radius 2 is 1.96 bits per heavy atom. The average molecular weight is 365 g/mol. The molecule has 3 rings (SSSR count). The lowest BCUT2D eigenvalue weighted by molar-refractivity contribution is -0.122. The molecule has 3 amide bonds. The van der Waals surface area contributed by atoms with E-state index in [4.69, 9.17) is 27.6 Å². The van der Waals surface area contributed by atoms with E-state index in [0.29, 0.717) is 34.5 Å². The minimum atomic E-state index is -0.413. The van der Waals surface area contributed by atoms with E-state index in [1.54, 1.807) is 30.3 Å². The highest BCUT2D eigenvalue weighted by Gasteiger charge is 2.32. The number of carbonyl (C=O) groups excluding carboxylic acids is 2. The van der Waals surface area contributed by atoms with E-state index in [9.17, 15) is 9.59 Å². The van der Waals surface area contributed by atoms with Crippen LogP contribution in [0.1, 0.15) is 19.1 Å². The molecule has 24 heavy (non-hydrogen) atoms. The maximum atomic E-state index is 12.2. The molecule has 1 fully saturated rings. The first-order valence-electron chi connectivity index (χ1n) is 7.39. The van der Waals surface area contributed by atoms with Crippen molar-refractivity contribution in [2.45, 2.75) is 13.3 Å². The molecule has 1 aliphatic rings. The van der Waals surface area contributed by atoms with Crippen LogP contribution >= 0.6 is 23.2 Å². The molecule has 1 saturated heterocycles. The topological polar surface area (TPSA) is 62.6 Å². The Bertz CT molecular complexity index is 842. The van der Waals surface area contributed by atoms with Crippen LogP contribution in [0, 0.1) is 0 Å². The third-order valence-corrected chi connectivity index (χ3v) is 4.27. The Morgan fingerprint density at radius 1 is 1.17 bits per heavy atom. The highest BCUT2D eigenvalue weighted by atomic mass is 35.5. The molecule has 2 aromatic rings. The second-order valence-corrected chi connectivity index (χ2v) is 6.09. The minimum absolute atomic E-state index is 0.198. The van der Waals surface area contributed by atoms with Crippen molar-refractivity contribution in [3.8, 4) is 11.3 Å². The first-order valence-corrected chi connectivity index (χ1v) is 8.15. The molecule has 1 aliphatic heterocycles. The summed E-state index contributed by atoms with van der Waals surface area (Å²) in [5.41, 5.74) is 0.965. The molecule has 7 heteroatoms. The third kappa shape index (κ3) is 3.18. The summed E-state index contributed by atoms with van der Waals surface area (Å²) in [7, 11) is 0. The molecule has 2 heterocycles. The van der Waals surface area contributed by atoms with Gasteiger partial charge < -0.3 is 9.73 Å². The number of amides is 3. The van der Waals surface area contributed by atoms with Gasteiger partial charge in [0.2, 0.25) is 0 Å². The maximum absolute atomic E-state index is 12.2. The molecular weight excluding hydrogens is 351 g/mol. The van der Waals surface area contributed by atoms with Crippen molar-refractivity contribution < 1.29 is 14.0 Å². The van der Waals surface area contributed by atoms with Gasteiger partial charge in [0.15, 0.2) is 0 Å². The first-order chi connectivity index (χ1) is 11.5. The van der Waals surface area contributed by atoms with E-state index in [2.05, 4.69) is 5.32 Å². The molecule has 5 nitrogen and oxygen atoms in total. The third-order valence-electron chi connectivity index (χ3n) is 3.53. The van der Waals surface area contributed by atoms with E-state index in [-0.39, 0.29) is 11.6 Å². The van der Waals surface area contributed by atoms with Crippen LogP contribution in [0.4, 0.5) is 4.79 Å². The number of rotatable bonds is 4. The van der Waals surface area contributed by atoms with Crippen LogP contribution in [0.25, 0.3) is 17.4 Å². The number of furan rings is 1. The molecule has 1 aromatic heterocycles. The number of carbonyl (C=O) groups is 2. The average Bonchev–Trinajstić information content (AvgIpc) is 3.11. The second-order valence-electron chi connectivity index (χ2n) is 5.28. The molecule has 0 radical (unpaired) electrons. The lowest BCUT2D eigenvalue weighted by atomic mass is 10.2. The number of halogens is 2. The van der Waals surface area contributed by atoms with E-state index >= 15 is 0 Å². The highest BCUT2D eigenvalue weighted by Crippen LogP contribution is 2.30. The molecule has 0 saturated carbocycles.